The fourth-order valence-corrected chi connectivity index (χ4v) is 3.04. The zero-order valence-electron chi connectivity index (χ0n) is 12.9. The van der Waals surface area contributed by atoms with Crippen LogP contribution in [0.25, 0.3) is 0 Å². The van der Waals surface area contributed by atoms with Crippen molar-refractivity contribution >= 4 is 16.0 Å². The maximum atomic E-state index is 12.6. The van der Waals surface area contributed by atoms with Crippen LogP contribution in [0, 0.1) is 18.8 Å². The molecule has 6 heteroatoms. The summed E-state index contributed by atoms with van der Waals surface area (Å²) in [6.07, 6.45) is 0. The summed E-state index contributed by atoms with van der Waals surface area (Å²) < 4.78 is 30.8. The number of carbonyl (C=O) groups excluding carboxylic acids is 1. The largest absolute Gasteiger partial charge is 0.459 e. The van der Waals surface area contributed by atoms with Gasteiger partial charge in [-0.05, 0) is 26.0 Å². The molecule has 5 nitrogen and oxygen atoms in total. The number of aryl methyl sites for hydroxylation is 1. The number of hydrogen-bond acceptors (Lipinski definition) is 4. The van der Waals surface area contributed by atoms with E-state index in [0.717, 1.165) is 5.56 Å². The van der Waals surface area contributed by atoms with Crippen molar-refractivity contribution in [2.75, 3.05) is 20.2 Å². The molecule has 1 aromatic rings. The Bertz CT molecular complexity index is 709. The number of benzene rings is 1. The molecular weight excluding hydrogens is 302 g/mol. The maximum absolute atomic E-state index is 12.6. The molecule has 0 aliphatic heterocycles. The van der Waals surface area contributed by atoms with Crippen molar-refractivity contribution in [1.82, 2.24) is 4.31 Å². The van der Waals surface area contributed by atoms with E-state index in [1.54, 1.807) is 31.2 Å². The number of carbonyl (C=O) groups is 1. The second-order valence-corrected chi connectivity index (χ2v) is 6.77. The Morgan fingerprint density at radius 3 is 2.41 bits per heavy atom. The van der Waals surface area contributed by atoms with Gasteiger partial charge in [0.1, 0.15) is 0 Å². The monoisotopic (exact) mass is 321 g/mol. The van der Waals surface area contributed by atoms with Crippen molar-refractivity contribution in [2.45, 2.75) is 18.7 Å². The Hall–Kier alpha value is -2.10. The first-order valence-electron chi connectivity index (χ1n) is 6.55. The van der Waals surface area contributed by atoms with Crippen molar-refractivity contribution in [3.8, 4) is 11.8 Å². The molecule has 0 aromatic heterocycles. The van der Waals surface area contributed by atoms with E-state index in [1.165, 1.54) is 11.4 Å². The average molecular weight is 321 g/mol. The van der Waals surface area contributed by atoms with Crippen LogP contribution < -0.4 is 0 Å². The predicted octanol–water partition coefficient (Wildman–Crippen LogP) is 1.74. The fourth-order valence-electron chi connectivity index (χ4n) is 1.64. The molecule has 0 aliphatic carbocycles. The number of hydrogen-bond donors (Lipinski definition) is 0. The lowest BCUT2D eigenvalue weighted by molar-refractivity contribution is -0.133. The third kappa shape index (κ3) is 5.02. The lowest BCUT2D eigenvalue weighted by Gasteiger charge is -2.20. The number of nitrogens with zero attached hydrogens (tertiary/aromatic N) is 1. The summed E-state index contributed by atoms with van der Waals surface area (Å²) in [4.78, 5) is 11.2. The highest BCUT2D eigenvalue weighted by Gasteiger charge is 2.23. The lowest BCUT2D eigenvalue weighted by Crippen LogP contribution is -2.33. The molecule has 0 spiro atoms. The number of ether oxygens (including phenoxy) is 1. The highest BCUT2D eigenvalue weighted by atomic mass is 32.2. The number of sulfonamides is 1. The molecule has 0 bridgehead atoms. The first kappa shape index (κ1) is 18.0. The van der Waals surface area contributed by atoms with Gasteiger partial charge in [0, 0.05) is 12.5 Å². The summed E-state index contributed by atoms with van der Waals surface area (Å²) in [6.45, 7) is 7.35. The van der Waals surface area contributed by atoms with Gasteiger partial charge in [-0.2, -0.15) is 4.31 Å². The van der Waals surface area contributed by atoms with Gasteiger partial charge >= 0.3 is 5.97 Å². The van der Waals surface area contributed by atoms with Crippen LogP contribution in [0.4, 0.5) is 0 Å². The van der Waals surface area contributed by atoms with Gasteiger partial charge in [-0.3, -0.25) is 0 Å². The number of methoxy groups -OCH3 is 1. The van der Waals surface area contributed by atoms with E-state index in [2.05, 4.69) is 23.2 Å². The van der Waals surface area contributed by atoms with Gasteiger partial charge in [0.15, 0.2) is 0 Å². The molecule has 0 radical (unpaired) electrons. The molecule has 118 valence electrons. The van der Waals surface area contributed by atoms with Crippen LogP contribution in [0.15, 0.2) is 41.3 Å². The first-order valence-corrected chi connectivity index (χ1v) is 7.99. The van der Waals surface area contributed by atoms with Crippen molar-refractivity contribution in [2.24, 2.45) is 0 Å². The smallest absolute Gasteiger partial charge is 0.384 e. The van der Waals surface area contributed by atoms with Gasteiger partial charge in [0.2, 0.25) is 10.0 Å². The molecule has 0 fully saturated rings. The molecule has 1 aromatic carbocycles. The molecular formula is C16H19NO4S. The minimum absolute atomic E-state index is 0.113. The fraction of sp³-hybridized carbons (Fsp3) is 0.312. The van der Waals surface area contributed by atoms with Gasteiger partial charge < -0.3 is 4.74 Å². The molecule has 1 rings (SSSR count). The van der Waals surface area contributed by atoms with Crippen LogP contribution in [-0.2, 0) is 19.6 Å². The van der Waals surface area contributed by atoms with Crippen LogP contribution in [-0.4, -0.2) is 38.9 Å². The van der Waals surface area contributed by atoms with E-state index in [-0.39, 0.29) is 18.0 Å². The third-order valence-electron chi connectivity index (χ3n) is 2.74. The Morgan fingerprint density at radius 1 is 1.32 bits per heavy atom. The molecule has 0 saturated heterocycles. The maximum Gasteiger partial charge on any atom is 0.384 e. The summed E-state index contributed by atoms with van der Waals surface area (Å²) in [7, 11) is -2.49. The Kier molecular flexibility index (Phi) is 6.35. The minimum Gasteiger partial charge on any atom is -0.459 e. The van der Waals surface area contributed by atoms with Crippen LogP contribution in [0.1, 0.15) is 12.5 Å². The molecule has 0 saturated carbocycles. The molecule has 0 heterocycles. The van der Waals surface area contributed by atoms with Gasteiger partial charge in [0.05, 0.1) is 18.6 Å². The minimum atomic E-state index is -3.70. The first-order chi connectivity index (χ1) is 10.3. The van der Waals surface area contributed by atoms with Crippen LogP contribution >= 0.6 is 0 Å². The van der Waals surface area contributed by atoms with E-state index in [0.29, 0.717) is 5.57 Å². The number of rotatable bonds is 5. The van der Waals surface area contributed by atoms with Gasteiger partial charge in [-0.1, -0.05) is 35.8 Å². The van der Waals surface area contributed by atoms with Gasteiger partial charge in [0.25, 0.3) is 0 Å². The van der Waals surface area contributed by atoms with Crippen molar-refractivity contribution in [3.63, 3.8) is 0 Å². The highest BCUT2D eigenvalue weighted by molar-refractivity contribution is 7.89. The van der Waals surface area contributed by atoms with Crippen molar-refractivity contribution < 1.29 is 17.9 Å². The van der Waals surface area contributed by atoms with E-state index < -0.39 is 16.0 Å². The van der Waals surface area contributed by atoms with Gasteiger partial charge in [-0.15, -0.1) is 0 Å². The summed E-state index contributed by atoms with van der Waals surface area (Å²) in [6, 6.07) is 6.55. The zero-order chi connectivity index (χ0) is 16.8. The SMILES string of the molecule is C=C(C)CN(CC#CC(=O)OC)S(=O)(=O)c1ccc(C)cc1. The molecule has 0 unspecified atom stereocenters. The molecule has 0 atom stereocenters. The van der Waals surface area contributed by atoms with E-state index in [4.69, 9.17) is 0 Å². The van der Waals surface area contributed by atoms with E-state index >= 15 is 0 Å². The molecule has 0 amide bonds. The van der Waals surface area contributed by atoms with E-state index in [9.17, 15) is 13.2 Å². The van der Waals surface area contributed by atoms with Crippen molar-refractivity contribution in [1.29, 1.82) is 0 Å². The lowest BCUT2D eigenvalue weighted by atomic mass is 10.2. The van der Waals surface area contributed by atoms with Crippen LogP contribution in [0.2, 0.25) is 0 Å². The van der Waals surface area contributed by atoms with Crippen molar-refractivity contribution in [3.05, 3.63) is 42.0 Å². The van der Waals surface area contributed by atoms with Gasteiger partial charge in [-0.25, -0.2) is 13.2 Å². The third-order valence-corrected chi connectivity index (χ3v) is 4.54. The van der Waals surface area contributed by atoms with E-state index in [1.807, 2.05) is 6.92 Å². The molecule has 22 heavy (non-hydrogen) atoms. The average Bonchev–Trinajstić information content (AvgIpc) is 2.46. The summed E-state index contributed by atoms with van der Waals surface area (Å²) in [5, 5.41) is 0. The zero-order valence-corrected chi connectivity index (χ0v) is 13.7. The second-order valence-electron chi connectivity index (χ2n) is 4.84. The molecule has 0 N–H and O–H groups in total. The summed E-state index contributed by atoms with van der Waals surface area (Å²) in [5.41, 5.74) is 1.64. The Morgan fingerprint density at radius 2 is 1.91 bits per heavy atom. The normalized spacial score (nSPS) is 10.7. The van der Waals surface area contributed by atoms with Crippen LogP contribution in [0.3, 0.4) is 0 Å². The van der Waals surface area contributed by atoms with Crippen LogP contribution in [0.5, 0.6) is 0 Å². The quantitative estimate of drug-likeness (QED) is 0.359. The second kappa shape index (κ2) is 7.78. The highest BCUT2D eigenvalue weighted by Crippen LogP contribution is 2.17. The molecule has 0 aliphatic rings. The summed E-state index contributed by atoms with van der Waals surface area (Å²) in [5.74, 6) is 4.03. The number of esters is 1. The topological polar surface area (TPSA) is 63.7 Å². The predicted molar refractivity (Wildman–Crippen MR) is 84.5 cm³/mol. The summed E-state index contributed by atoms with van der Waals surface area (Å²) >= 11 is 0. The Labute approximate surface area is 131 Å². The standard InChI is InChI=1S/C16H19NO4S/c1-13(2)12-17(11-5-6-16(18)21-4)22(19,20)15-9-7-14(3)8-10-15/h7-10H,1,11-12H2,2-4H3. The Balaban J connectivity index is 3.08.